The maximum absolute atomic E-state index is 6.12. The van der Waals surface area contributed by atoms with Gasteiger partial charge >= 0.3 is 0 Å². The number of methoxy groups -OCH3 is 2. The van der Waals surface area contributed by atoms with Crippen LogP contribution in [0.1, 0.15) is 11.5 Å². The number of hydrogen-bond acceptors (Lipinski definition) is 6. The molecule has 102 valence electrons. The SMILES string of the molecule is COCc1cc(OC)c(Cl)cc1-c1noc(CN)n1. The lowest BCUT2D eigenvalue weighted by Gasteiger charge is -2.10. The summed E-state index contributed by atoms with van der Waals surface area (Å²) >= 11 is 6.12. The Hall–Kier alpha value is -1.63. The highest BCUT2D eigenvalue weighted by Crippen LogP contribution is 2.33. The Bertz CT molecular complexity index is 571. The number of hydrogen-bond donors (Lipinski definition) is 1. The third-order valence-corrected chi connectivity index (χ3v) is 2.86. The van der Waals surface area contributed by atoms with Gasteiger partial charge in [-0.15, -0.1) is 0 Å². The number of halogens is 1. The summed E-state index contributed by atoms with van der Waals surface area (Å²) in [5.74, 6) is 1.36. The highest BCUT2D eigenvalue weighted by Gasteiger charge is 2.15. The molecule has 6 nitrogen and oxygen atoms in total. The molecule has 0 atom stereocenters. The maximum atomic E-state index is 6.12. The van der Waals surface area contributed by atoms with Gasteiger partial charge in [0, 0.05) is 12.7 Å². The summed E-state index contributed by atoms with van der Waals surface area (Å²) in [6.45, 7) is 0.575. The second-order valence-electron chi connectivity index (χ2n) is 3.79. The zero-order chi connectivity index (χ0) is 13.8. The molecule has 2 rings (SSSR count). The molecule has 1 aromatic carbocycles. The van der Waals surface area contributed by atoms with Gasteiger partial charge in [0.25, 0.3) is 0 Å². The molecule has 1 aromatic heterocycles. The van der Waals surface area contributed by atoms with Gasteiger partial charge in [-0.05, 0) is 17.7 Å². The van der Waals surface area contributed by atoms with Crippen molar-refractivity contribution in [2.75, 3.05) is 14.2 Å². The van der Waals surface area contributed by atoms with Crippen LogP contribution in [0.2, 0.25) is 5.02 Å². The maximum Gasteiger partial charge on any atom is 0.240 e. The number of nitrogens with two attached hydrogens (primary N) is 1. The second kappa shape index (κ2) is 6.01. The molecule has 0 spiro atoms. The van der Waals surface area contributed by atoms with Gasteiger partial charge in [-0.1, -0.05) is 16.8 Å². The van der Waals surface area contributed by atoms with E-state index in [0.717, 1.165) is 11.1 Å². The summed E-state index contributed by atoms with van der Waals surface area (Å²) in [6.07, 6.45) is 0. The predicted octanol–water partition coefficient (Wildman–Crippen LogP) is 2.00. The zero-order valence-electron chi connectivity index (χ0n) is 10.6. The molecular weight excluding hydrogens is 270 g/mol. The zero-order valence-corrected chi connectivity index (χ0v) is 11.4. The molecule has 1 heterocycles. The summed E-state index contributed by atoms with van der Waals surface area (Å²) < 4.78 is 15.3. The van der Waals surface area contributed by atoms with E-state index in [9.17, 15) is 0 Å². The van der Waals surface area contributed by atoms with E-state index in [0.29, 0.717) is 29.1 Å². The fraction of sp³-hybridized carbons (Fsp3) is 0.333. The molecule has 0 saturated heterocycles. The Balaban J connectivity index is 2.50. The first kappa shape index (κ1) is 13.8. The van der Waals surface area contributed by atoms with E-state index < -0.39 is 0 Å². The Kier molecular flexibility index (Phi) is 4.36. The first-order valence-electron chi connectivity index (χ1n) is 5.58. The lowest BCUT2D eigenvalue weighted by Crippen LogP contribution is -1.98. The normalized spacial score (nSPS) is 10.7. The summed E-state index contributed by atoms with van der Waals surface area (Å²) in [5, 5.41) is 4.34. The number of benzene rings is 1. The minimum Gasteiger partial charge on any atom is -0.495 e. The first-order valence-corrected chi connectivity index (χ1v) is 5.95. The molecule has 0 amide bonds. The van der Waals surface area contributed by atoms with Crippen LogP contribution < -0.4 is 10.5 Å². The predicted molar refractivity (Wildman–Crippen MR) is 69.9 cm³/mol. The fourth-order valence-corrected chi connectivity index (χ4v) is 1.92. The summed E-state index contributed by atoms with van der Waals surface area (Å²) in [6, 6.07) is 3.51. The van der Waals surface area contributed by atoms with E-state index in [1.54, 1.807) is 26.4 Å². The fourth-order valence-electron chi connectivity index (χ4n) is 1.68. The highest BCUT2D eigenvalue weighted by molar-refractivity contribution is 6.32. The molecule has 0 aliphatic rings. The van der Waals surface area contributed by atoms with Crippen molar-refractivity contribution in [1.82, 2.24) is 10.1 Å². The standard InChI is InChI=1S/C12H14ClN3O3/c1-17-6-7-3-10(18-2)9(13)4-8(7)12-15-11(5-14)19-16-12/h3-4H,5-6,14H2,1-2H3. The number of nitrogens with zero attached hydrogens (tertiary/aromatic N) is 2. The van der Waals surface area contributed by atoms with E-state index in [1.807, 2.05) is 0 Å². The molecule has 0 radical (unpaired) electrons. The molecule has 0 bridgehead atoms. The molecule has 0 saturated carbocycles. The lowest BCUT2D eigenvalue weighted by atomic mass is 10.1. The average Bonchev–Trinajstić information content (AvgIpc) is 2.89. The van der Waals surface area contributed by atoms with Crippen LogP contribution in [0.5, 0.6) is 5.75 Å². The van der Waals surface area contributed by atoms with Gasteiger partial charge in [0.2, 0.25) is 11.7 Å². The van der Waals surface area contributed by atoms with E-state index in [4.69, 9.17) is 31.3 Å². The molecule has 2 aromatic rings. The van der Waals surface area contributed by atoms with Crippen LogP contribution in [-0.2, 0) is 17.9 Å². The Labute approximate surface area is 115 Å². The minimum atomic E-state index is 0.191. The topological polar surface area (TPSA) is 83.4 Å². The van der Waals surface area contributed by atoms with Gasteiger partial charge in [0.1, 0.15) is 5.75 Å². The van der Waals surface area contributed by atoms with Crippen LogP contribution in [0, 0.1) is 0 Å². The molecule has 0 aliphatic heterocycles. The summed E-state index contributed by atoms with van der Waals surface area (Å²) in [5.41, 5.74) is 7.03. The van der Waals surface area contributed by atoms with Crippen LogP contribution in [0.3, 0.4) is 0 Å². The quantitative estimate of drug-likeness (QED) is 0.903. The number of rotatable bonds is 5. The molecule has 2 N–H and O–H groups in total. The molecule has 0 aliphatic carbocycles. The third kappa shape index (κ3) is 2.86. The van der Waals surface area contributed by atoms with Crippen molar-refractivity contribution in [3.05, 3.63) is 28.6 Å². The van der Waals surface area contributed by atoms with Crippen LogP contribution in [0.15, 0.2) is 16.7 Å². The highest BCUT2D eigenvalue weighted by atomic mass is 35.5. The van der Waals surface area contributed by atoms with E-state index in [2.05, 4.69) is 10.1 Å². The van der Waals surface area contributed by atoms with Gasteiger partial charge in [-0.3, -0.25) is 0 Å². The monoisotopic (exact) mass is 283 g/mol. The van der Waals surface area contributed by atoms with Gasteiger partial charge in [0.05, 0.1) is 25.3 Å². The van der Waals surface area contributed by atoms with Crippen LogP contribution in [0.25, 0.3) is 11.4 Å². The largest absolute Gasteiger partial charge is 0.495 e. The molecule has 19 heavy (non-hydrogen) atoms. The van der Waals surface area contributed by atoms with Crippen LogP contribution in [0.4, 0.5) is 0 Å². The number of aromatic nitrogens is 2. The molecule has 7 heteroatoms. The van der Waals surface area contributed by atoms with Crippen molar-refractivity contribution < 1.29 is 14.0 Å². The van der Waals surface area contributed by atoms with Gasteiger partial charge in [0.15, 0.2) is 0 Å². The van der Waals surface area contributed by atoms with Gasteiger partial charge in [-0.2, -0.15) is 4.98 Å². The van der Waals surface area contributed by atoms with Crippen molar-refractivity contribution in [2.45, 2.75) is 13.2 Å². The van der Waals surface area contributed by atoms with Crippen molar-refractivity contribution in [3.8, 4) is 17.1 Å². The average molecular weight is 284 g/mol. The van der Waals surface area contributed by atoms with Crippen molar-refractivity contribution >= 4 is 11.6 Å². The van der Waals surface area contributed by atoms with E-state index in [-0.39, 0.29) is 6.54 Å². The van der Waals surface area contributed by atoms with E-state index in [1.165, 1.54) is 0 Å². The smallest absolute Gasteiger partial charge is 0.240 e. The summed E-state index contributed by atoms with van der Waals surface area (Å²) in [7, 11) is 3.16. The van der Waals surface area contributed by atoms with Crippen LogP contribution in [-0.4, -0.2) is 24.4 Å². The van der Waals surface area contributed by atoms with Crippen molar-refractivity contribution in [2.24, 2.45) is 5.73 Å². The van der Waals surface area contributed by atoms with Crippen molar-refractivity contribution in [1.29, 1.82) is 0 Å². The first-order chi connectivity index (χ1) is 9.19. The summed E-state index contributed by atoms with van der Waals surface area (Å²) in [4.78, 5) is 4.18. The number of ether oxygens (including phenoxy) is 2. The Morgan fingerprint density at radius 2 is 2.16 bits per heavy atom. The lowest BCUT2D eigenvalue weighted by molar-refractivity contribution is 0.185. The molecular formula is C12H14ClN3O3. The molecule has 0 fully saturated rings. The Morgan fingerprint density at radius 3 is 2.74 bits per heavy atom. The van der Waals surface area contributed by atoms with Gasteiger partial charge < -0.3 is 19.7 Å². The van der Waals surface area contributed by atoms with Gasteiger partial charge in [-0.25, -0.2) is 0 Å². The van der Waals surface area contributed by atoms with Crippen molar-refractivity contribution in [3.63, 3.8) is 0 Å². The van der Waals surface area contributed by atoms with E-state index >= 15 is 0 Å². The minimum absolute atomic E-state index is 0.191. The van der Waals surface area contributed by atoms with Crippen LogP contribution >= 0.6 is 11.6 Å². The second-order valence-corrected chi connectivity index (χ2v) is 4.20. The third-order valence-electron chi connectivity index (χ3n) is 2.56. The molecule has 0 unspecified atom stereocenters. The Morgan fingerprint density at radius 1 is 1.37 bits per heavy atom.